The zero-order chi connectivity index (χ0) is 18.3. The number of fused-ring (bicyclic) bond motifs is 1. The molecule has 0 aromatic carbocycles. The first-order valence-corrected chi connectivity index (χ1v) is 8.48. The number of hydrogen-bond acceptors (Lipinski definition) is 5. The van der Waals surface area contributed by atoms with Gasteiger partial charge >= 0.3 is 0 Å². The van der Waals surface area contributed by atoms with Crippen molar-refractivity contribution in [3.8, 4) is 28.5 Å². The van der Waals surface area contributed by atoms with E-state index in [9.17, 15) is 0 Å². The molecule has 0 atom stereocenters. The molecular formula is C19H20N6O. The largest absolute Gasteiger partial charge is 0.481 e. The number of aryl methyl sites for hydroxylation is 1. The highest BCUT2D eigenvalue weighted by Crippen LogP contribution is 2.35. The molecule has 132 valence electrons. The molecule has 26 heavy (non-hydrogen) atoms. The first-order valence-electron chi connectivity index (χ1n) is 8.48. The van der Waals surface area contributed by atoms with Crippen molar-refractivity contribution in [2.24, 2.45) is 0 Å². The summed E-state index contributed by atoms with van der Waals surface area (Å²) in [6.07, 6.45) is 3.52. The first-order chi connectivity index (χ1) is 12.6. The molecule has 0 fully saturated rings. The van der Waals surface area contributed by atoms with Crippen molar-refractivity contribution in [3.05, 3.63) is 47.9 Å². The van der Waals surface area contributed by atoms with Crippen molar-refractivity contribution < 1.29 is 4.74 Å². The van der Waals surface area contributed by atoms with Gasteiger partial charge in [0.15, 0.2) is 5.65 Å². The number of aromatic nitrogens is 6. The molecule has 0 radical (unpaired) electrons. The van der Waals surface area contributed by atoms with Gasteiger partial charge in [0.2, 0.25) is 5.88 Å². The van der Waals surface area contributed by atoms with Gasteiger partial charge in [0.25, 0.3) is 0 Å². The molecule has 0 bridgehead atoms. The van der Waals surface area contributed by atoms with E-state index in [2.05, 4.69) is 45.2 Å². The second kappa shape index (κ2) is 6.25. The minimum absolute atomic E-state index is 0.263. The Balaban J connectivity index is 1.90. The lowest BCUT2D eigenvalue weighted by atomic mass is 9.95. The van der Waals surface area contributed by atoms with E-state index in [4.69, 9.17) is 4.74 Å². The number of hydrogen-bond donors (Lipinski definition) is 1. The summed E-state index contributed by atoms with van der Waals surface area (Å²) in [5.74, 6) is 0.840. The summed E-state index contributed by atoms with van der Waals surface area (Å²) in [7, 11) is 1.62. The molecule has 4 rings (SSSR count). The number of H-pyrrole nitrogens is 1. The zero-order valence-corrected chi connectivity index (χ0v) is 15.2. The van der Waals surface area contributed by atoms with Gasteiger partial charge in [-0.25, -0.2) is 14.5 Å². The van der Waals surface area contributed by atoms with E-state index in [1.807, 2.05) is 31.3 Å². The van der Waals surface area contributed by atoms with Crippen molar-refractivity contribution in [3.63, 3.8) is 0 Å². The smallest absolute Gasteiger partial charge is 0.213 e. The van der Waals surface area contributed by atoms with Gasteiger partial charge < -0.3 is 4.74 Å². The molecule has 4 aromatic rings. The molecule has 0 aliphatic rings. The van der Waals surface area contributed by atoms with Gasteiger partial charge in [-0.15, -0.1) is 0 Å². The maximum absolute atomic E-state index is 5.26. The first kappa shape index (κ1) is 16.3. The lowest BCUT2D eigenvalue weighted by Crippen LogP contribution is -1.97. The molecule has 0 saturated heterocycles. The molecule has 7 nitrogen and oxygen atoms in total. The molecule has 7 heteroatoms. The SMILES string of the molecule is COc1cccc(-c2[nH]nc(-c3cc(C)c4ncnn4c3)c2C(C)C)n1. The Labute approximate surface area is 151 Å². The third-order valence-electron chi connectivity index (χ3n) is 4.40. The van der Waals surface area contributed by atoms with Crippen molar-refractivity contribution in [1.29, 1.82) is 0 Å². The van der Waals surface area contributed by atoms with Gasteiger partial charge in [-0.3, -0.25) is 5.10 Å². The maximum atomic E-state index is 5.26. The van der Waals surface area contributed by atoms with Crippen molar-refractivity contribution in [1.82, 2.24) is 29.8 Å². The second-order valence-corrected chi connectivity index (χ2v) is 6.52. The Bertz CT molecular complexity index is 1080. The van der Waals surface area contributed by atoms with Crippen LogP contribution in [0.3, 0.4) is 0 Å². The average molecular weight is 348 g/mol. The fourth-order valence-electron chi connectivity index (χ4n) is 3.22. The Morgan fingerprint density at radius 1 is 1.23 bits per heavy atom. The number of rotatable bonds is 4. The quantitative estimate of drug-likeness (QED) is 0.609. The Morgan fingerprint density at radius 2 is 2.08 bits per heavy atom. The molecule has 0 amide bonds. The number of aromatic amines is 1. The summed E-state index contributed by atoms with van der Waals surface area (Å²) >= 11 is 0. The van der Waals surface area contributed by atoms with Crippen LogP contribution < -0.4 is 4.74 Å². The van der Waals surface area contributed by atoms with Crippen LogP contribution in [0.15, 0.2) is 36.8 Å². The summed E-state index contributed by atoms with van der Waals surface area (Å²) < 4.78 is 7.04. The van der Waals surface area contributed by atoms with Crippen molar-refractivity contribution in [2.75, 3.05) is 7.11 Å². The Kier molecular flexibility index (Phi) is 3.91. The summed E-state index contributed by atoms with van der Waals surface area (Å²) in [5.41, 5.74) is 6.64. The van der Waals surface area contributed by atoms with Crippen molar-refractivity contribution >= 4 is 5.65 Å². The second-order valence-electron chi connectivity index (χ2n) is 6.52. The number of pyridine rings is 2. The standard InChI is InChI=1S/C19H20N6O/c1-11(2)16-17(13-8-12(3)19-20-10-21-25(19)9-13)23-24-18(16)14-6-5-7-15(22-14)26-4/h5-11H,1-4H3,(H,23,24). The number of methoxy groups -OCH3 is 1. The Morgan fingerprint density at radius 3 is 2.85 bits per heavy atom. The predicted octanol–water partition coefficient (Wildman–Crippen LogP) is 3.62. The minimum atomic E-state index is 0.263. The van der Waals surface area contributed by atoms with Crippen LogP contribution in [-0.4, -0.2) is 36.9 Å². The monoisotopic (exact) mass is 348 g/mol. The van der Waals surface area contributed by atoms with E-state index >= 15 is 0 Å². The fraction of sp³-hybridized carbons (Fsp3) is 0.263. The third-order valence-corrected chi connectivity index (χ3v) is 4.40. The lowest BCUT2D eigenvalue weighted by molar-refractivity contribution is 0.398. The highest BCUT2D eigenvalue weighted by molar-refractivity contribution is 5.74. The Hall–Kier alpha value is -3.22. The fourth-order valence-corrected chi connectivity index (χ4v) is 3.22. The number of nitrogens with one attached hydrogen (secondary N) is 1. The summed E-state index contributed by atoms with van der Waals surface area (Å²) in [6, 6.07) is 7.81. The molecule has 0 saturated carbocycles. The highest BCUT2D eigenvalue weighted by Gasteiger charge is 2.21. The number of nitrogens with zero attached hydrogens (tertiary/aromatic N) is 5. The van der Waals surface area contributed by atoms with E-state index in [0.717, 1.165) is 39.4 Å². The van der Waals surface area contributed by atoms with E-state index in [-0.39, 0.29) is 5.92 Å². The summed E-state index contributed by atoms with van der Waals surface area (Å²) in [6.45, 7) is 6.33. The van der Waals surface area contributed by atoms with E-state index in [1.54, 1.807) is 18.0 Å². The summed E-state index contributed by atoms with van der Waals surface area (Å²) in [5, 5.41) is 12.0. The van der Waals surface area contributed by atoms with E-state index < -0.39 is 0 Å². The van der Waals surface area contributed by atoms with Crippen LogP contribution in [0.4, 0.5) is 0 Å². The molecule has 0 unspecified atom stereocenters. The molecule has 4 aromatic heterocycles. The van der Waals surface area contributed by atoms with Gasteiger partial charge in [0, 0.05) is 23.4 Å². The molecule has 0 aliphatic carbocycles. The van der Waals surface area contributed by atoms with Crippen molar-refractivity contribution in [2.45, 2.75) is 26.7 Å². The molecule has 4 heterocycles. The van der Waals surface area contributed by atoms with Crippen LogP contribution in [0.2, 0.25) is 0 Å². The minimum Gasteiger partial charge on any atom is -0.481 e. The topological polar surface area (TPSA) is 81.0 Å². The van der Waals surface area contributed by atoms with Crippen LogP contribution >= 0.6 is 0 Å². The van der Waals surface area contributed by atoms with Gasteiger partial charge in [-0.1, -0.05) is 19.9 Å². The van der Waals surface area contributed by atoms with Crippen LogP contribution in [0.25, 0.3) is 28.3 Å². The zero-order valence-electron chi connectivity index (χ0n) is 15.2. The van der Waals surface area contributed by atoms with Gasteiger partial charge in [0.05, 0.1) is 24.2 Å². The normalized spacial score (nSPS) is 11.4. The van der Waals surface area contributed by atoms with Gasteiger partial charge in [-0.2, -0.15) is 10.2 Å². The predicted molar refractivity (Wildman–Crippen MR) is 99.2 cm³/mol. The molecule has 1 N–H and O–H groups in total. The molecule has 0 aliphatic heterocycles. The van der Waals surface area contributed by atoms with Gasteiger partial charge in [0.1, 0.15) is 6.33 Å². The third kappa shape index (κ3) is 2.61. The highest BCUT2D eigenvalue weighted by atomic mass is 16.5. The van der Waals surface area contributed by atoms with Gasteiger partial charge in [-0.05, 0) is 30.5 Å². The van der Waals surface area contributed by atoms with Crippen LogP contribution in [-0.2, 0) is 0 Å². The van der Waals surface area contributed by atoms with Crippen LogP contribution in [0, 0.1) is 6.92 Å². The average Bonchev–Trinajstić information content (AvgIpc) is 3.28. The summed E-state index contributed by atoms with van der Waals surface area (Å²) in [4.78, 5) is 8.83. The van der Waals surface area contributed by atoms with E-state index in [0.29, 0.717) is 5.88 Å². The lowest BCUT2D eigenvalue weighted by Gasteiger charge is -2.10. The maximum Gasteiger partial charge on any atom is 0.213 e. The van der Waals surface area contributed by atoms with E-state index in [1.165, 1.54) is 0 Å². The number of ether oxygens (including phenoxy) is 1. The van der Waals surface area contributed by atoms with Crippen LogP contribution in [0.5, 0.6) is 5.88 Å². The molecular weight excluding hydrogens is 328 g/mol. The van der Waals surface area contributed by atoms with Crippen LogP contribution in [0.1, 0.15) is 30.9 Å². The molecule has 0 spiro atoms.